The van der Waals surface area contributed by atoms with Gasteiger partial charge in [0, 0.05) is 11.6 Å². The molecule has 1 aliphatic rings. The van der Waals surface area contributed by atoms with Gasteiger partial charge in [-0.05, 0) is 68.7 Å². The zero-order chi connectivity index (χ0) is 27.5. The smallest absolute Gasteiger partial charge is 0.258 e. The number of anilines is 1. The number of carbonyl (C=O) groups excluding carboxylic acids is 1. The van der Waals surface area contributed by atoms with E-state index in [1.54, 1.807) is 32.0 Å². The van der Waals surface area contributed by atoms with Crippen molar-refractivity contribution in [2.75, 3.05) is 5.32 Å². The van der Waals surface area contributed by atoms with Gasteiger partial charge < -0.3 is 14.7 Å². The molecule has 0 radical (unpaired) electrons. The van der Waals surface area contributed by atoms with Crippen LogP contribution in [0, 0.1) is 5.82 Å². The number of hydrogen-bond donors (Lipinski definition) is 3. The molecule has 10 heteroatoms. The normalized spacial score (nSPS) is 14.5. The van der Waals surface area contributed by atoms with Crippen molar-refractivity contribution in [2.24, 2.45) is 0 Å². The molecule has 2 heterocycles. The highest BCUT2D eigenvalue weighted by atomic mass is 35.5. The molecule has 2 aromatic heterocycles. The van der Waals surface area contributed by atoms with Gasteiger partial charge in [0.1, 0.15) is 11.6 Å². The van der Waals surface area contributed by atoms with Crippen LogP contribution in [-0.2, 0) is 5.60 Å². The van der Waals surface area contributed by atoms with Crippen LogP contribution in [0.4, 0.5) is 10.3 Å². The number of nitrogens with zero attached hydrogens (tertiary/aromatic N) is 3. The van der Waals surface area contributed by atoms with Crippen molar-refractivity contribution in [3.05, 3.63) is 75.5 Å². The van der Waals surface area contributed by atoms with E-state index in [0.717, 1.165) is 36.8 Å². The van der Waals surface area contributed by atoms with Crippen LogP contribution >= 0.6 is 23.2 Å². The van der Waals surface area contributed by atoms with Crippen molar-refractivity contribution in [1.29, 1.82) is 0 Å². The van der Waals surface area contributed by atoms with Gasteiger partial charge in [-0.15, -0.1) is 0 Å². The van der Waals surface area contributed by atoms with Crippen LogP contribution in [-0.4, -0.2) is 30.5 Å². The second kappa shape index (κ2) is 9.62. The molecule has 1 saturated carbocycles. The molecule has 39 heavy (non-hydrogen) atoms. The number of benzene rings is 3. The summed E-state index contributed by atoms with van der Waals surface area (Å²) in [5, 5.41) is 13.9. The summed E-state index contributed by atoms with van der Waals surface area (Å²) >= 11 is 12.7. The van der Waals surface area contributed by atoms with E-state index in [9.17, 15) is 14.3 Å². The Morgan fingerprint density at radius 2 is 1.85 bits per heavy atom. The first-order valence-corrected chi connectivity index (χ1v) is 13.6. The van der Waals surface area contributed by atoms with E-state index in [1.165, 1.54) is 12.1 Å². The first kappa shape index (κ1) is 25.8. The Labute approximate surface area is 234 Å². The molecule has 0 spiro atoms. The molecule has 0 saturated heterocycles. The number of aromatic amines is 1. The lowest BCUT2D eigenvalue weighted by atomic mass is 9.98. The molecule has 200 valence electrons. The zero-order valence-electron chi connectivity index (χ0n) is 21.4. The molecular weight excluding hydrogens is 540 g/mol. The minimum absolute atomic E-state index is 0.133. The summed E-state index contributed by atoms with van der Waals surface area (Å²) in [7, 11) is 0. The molecule has 0 aliphatic heterocycles. The van der Waals surface area contributed by atoms with Crippen molar-refractivity contribution in [2.45, 2.75) is 51.2 Å². The highest BCUT2D eigenvalue weighted by Crippen LogP contribution is 2.37. The molecule has 3 N–H and O–H groups in total. The van der Waals surface area contributed by atoms with Gasteiger partial charge in [0.15, 0.2) is 0 Å². The first-order valence-electron chi connectivity index (χ1n) is 12.8. The molecule has 6 rings (SSSR count). The van der Waals surface area contributed by atoms with Gasteiger partial charge in [-0.1, -0.05) is 48.2 Å². The van der Waals surface area contributed by atoms with Gasteiger partial charge in [0.05, 0.1) is 43.3 Å². The average molecular weight is 566 g/mol. The van der Waals surface area contributed by atoms with Crippen molar-refractivity contribution < 1.29 is 14.3 Å². The van der Waals surface area contributed by atoms with Gasteiger partial charge in [0.25, 0.3) is 5.91 Å². The van der Waals surface area contributed by atoms with Crippen LogP contribution in [0.25, 0.3) is 33.5 Å². The maximum Gasteiger partial charge on any atom is 0.258 e. The summed E-state index contributed by atoms with van der Waals surface area (Å²) in [5.74, 6) is -0.260. The zero-order valence-corrected chi connectivity index (χ0v) is 22.9. The Balaban J connectivity index is 1.38. The monoisotopic (exact) mass is 565 g/mol. The number of aromatic nitrogens is 4. The summed E-state index contributed by atoms with van der Waals surface area (Å²) < 4.78 is 16.6. The number of carbonyl (C=O) groups is 1. The van der Waals surface area contributed by atoms with E-state index in [-0.39, 0.29) is 33.0 Å². The molecule has 0 bridgehead atoms. The van der Waals surface area contributed by atoms with E-state index >= 15 is 0 Å². The minimum Gasteiger partial charge on any atom is -0.386 e. The molecular formula is C29H26Cl2FN5O2. The lowest BCUT2D eigenvalue weighted by Crippen LogP contribution is -2.17. The van der Waals surface area contributed by atoms with E-state index in [1.807, 2.05) is 18.2 Å². The number of imidazole rings is 2. The Morgan fingerprint density at radius 1 is 1.08 bits per heavy atom. The van der Waals surface area contributed by atoms with Crippen LogP contribution in [0.1, 0.15) is 61.5 Å². The molecule has 1 amide bonds. The third-order valence-electron chi connectivity index (χ3n) is 7.32. The number of rotatable bonds is 5. The summed E-state index contributed by atoms with van der Waals surface area (Å²) in [5.41, 5.74) is 2.62. The van der Waals surface area contributed by atoms with Gasteiger partial charge in [-0.2, -0.15) is 0 Å². The molecule has 0 atom stereocenters. The predicted octanol–water partition coefficient (Wildman–Crippen LogP) is 7.62. The van der Waals surface area contributed by atoms with Gasteiger partial charge in [-0.25, -0.2) is 14.4 Å². The summed E-state index contributed by atoms with van der Waals surface area (Å²) in [4.78, 5) is 25.7. The Hall–Kier alpha value is -3.46. The highest BCUT2D eigenvalue weighted by Gasteiger charge is 2.26. The number of fused-ring (bicyclic) bond motifs is 2. The van der Waals surface area contributed by atoms with Gasteiger partial charge >= 0.3 is 0 Å². The molecule has 7 nitrogen and oxygen atoms in total. The van der Waals surface area contributed by atoms with Crippen LogP contribution < -0.4 is 5.32 Å². The second-order valence-electron chi connectivity index (χ2n) is 10.5. The third-order valence-corrected chi connectivity index (χ3v) is 7.93. The predicted molar refractivity (Wildman–Crippen MR) is 152 cm³/mol. The van der Waals surface area contributed by atoms with E-state index in [0.29, 0.717) is 22.5 Å². The number of nitrogens with one attached hydrogen (secondary N) is 2. The number of aliphatic hydroxyl groups is 1. The van der Waals surface area contributed by atoms with Crippen LogP contribution in [0.5, 0.6) is 0 Å². The van der Waals surface area contributed by atoms with Crippen molar-refractivity contribution >= 4 is 57.1 Å². The number of amides is 1. The van der Waals surface area contributed by atoms with E-state index < -0.39 is 17.3 Å². The molecule has 0 unspecified atom stereocenters. The number of hydrogen-bond acceptors (Lipinski definition) is 4. The second-order valence-corrected chi connectivity index (χ2v) is 11.3. The van der Waals surface area contributed by atoms with Crippen molar-refractivity contribution in [3.8, 4) is 11.4 Å². The number of halogens is 3. The summed E-state index contributed by atoms with van der Waals surface area (Å²) in [6, 6.07) is 13.5. The van der Waals surface area contributed by atoms with Gasteiger partial charge in [0.2, 0.25) is 5.95 Å². The summed E-state index contributed by atoms with van der Waals surface area (Å²) in [6.07, 6.45) is 4.21. The molecule has 3 aromatic carbocycles. The SMILES string of the molecule is CC(C)(O)c1ccc2c(c1)nc(NC(=O)c1cc(Cl)c3[nH]c(-c4c(F)cccc4Cl)nc3c1)n2C1CCCC1. The maximum atomic E-state index is 14.5. The van der Waals surface area contributed by atoms with E-state index in [2.05, 4.69) is 19.9 Å². The fraction of sp³-hybridized carbons (Fsp3) is 0.276. The highest BCUT2D eigenvalue weighted by molar-refractivity contribution is 6.36. The Kier molecular flexibility index (Phi) is 6.37. The van der Waals surface area contributed by atoms with Crippen molar-refractivity contribution in [3.63, 3.8) is 0 Å². The minimum atomic E-state index is -1.02. The lowest BCUT2D eigenvalue weighted by Gasteiger charge is -2.19. The van der Waals surface area contributed by atoms with Crippen LogP contribution in [0.15, 0.2) is 48.5 Å². The molecule has 1 fully saturated rings. The topological polar surface area (TPSA) is 95.8 Å². The Morgan fingerprint density at radius 3 is 2.56 bits per heavy atom. The van der Waals surface area contributed by atoms with E-state index in [4.69, 9.17) is 28.2 Å². The largest absolute Gasteiger partial charge is 0.386 e. The lowest BCUT2D eigenvalue weighted by molar-refractivity contribution is 0.0787. The first-order chi connectivity index (χ1) is 18.6. The molecule has 5 aromatic rings. The van der Waals surface area contributed by atoms with Crippen LogP contribution in [0.3, 0.4) is 0 Å². The van der Waals surface area contributed by atoms with Crippen LogP contribution in [0.2, 0.25) is 10.0 Å². The number of H-pyrrole nitrogens is 1. The fourth-order valence-corrected chi connectivity index (χ4v) is 5.83. The standard InChI is InChI=1S/C29H26Cl2FN5O2/c1-29(2,39)16-10-11-23-21(14-16)34-28(37(23)17-6-3-4-7-17)36-27(38)15-12-19(31)25-22(13-15)33-26(35-25)24-18(30)8-5-9-20(24)32/h5,8-14,17,39H,3-4,6-7H2,1-2H3,(H,33,35)(H,34,36,38). The maximum absolute atomic E-state index is 14.5. The Bertz CT molecular complexity index is 1730. The fourth-order valence-electron chi connectivity index (χ4n) is 5.32. The summed E-state index contributed by atoms with van der Waals surface area (Å²) in [6.45, 7) is 3.45. The van der Waals surface area contributed by atoms with Crippen molar-refractivity contribution in [1.82, 2.24) is 19.5 Å². The molecule has 1 aliphatic carbocycles. The third kappa shape index (κ3) is 4.67. The van der Waals surface area contributed by atoms with Gasteiger partial charge in [-0.3, -0.25) is 10.1 Å². The average Bonchev–Trinajstić information content (AvgIpc) is 3.61. The quantitative estimate of drug-likeness (QED) is 0.204.